The number of aryl methyl sites for hydroxylation is 1. The quantitative estimate of drug-likeness (QED) is 0.758. The lowest BCUT2D eigenvalue weighted by molar-refractivity contribution is 0.815. The summed E-state index contributed by atoms with van der Waals surface area (Å²) in [7, 11) is 0. The molecule has 0 aromatic carbocycles. The van der Waals surface area contributed by atoms with Gasteiger partial charge < -0.3 is 5.73 Å². The maximum Gasteiger partial charge on any atom is 0.159 e. The van der Waals surface area contributed by atoms with Crippen LogP contribution >= 0.6 is 0 Å². The average molecular weight is 189 g/mol. The van der Waals surface area contributed by atoms with Gasteiger partial charge in [0.1, 0.15) is 11.6 Å². The number of hydrogen-bond donors (Lipinski definition) is 1. The van der Waals surface area contributed by atoms with E-state index in [0.717, 1.165) is 12.2 Å². The molecule has 5 heteroatoms. The zero-order valence-electron chi connectivity index (χ0n) is 7.88. The van der Waals surface area contributed by atoms with Crippen molar-refractivity contribution in [3.8, 4) is 5.82 Å². The summed E-state index contributed by atoms with van der Waals surface area (Å²) in [5, 5.41) is 4.07. The van der Waals surface area contributed by atoms with E-state index in [9.17, 15) is 0 Å². The number of nitrogen functional groups attached to an aromatic ring is 1. The highest BCUT2D eigenvalue weighted by molar-refractivity contribution is 5.36. The summed E-state index contributed by atoms with van der Waals surface area (Å²) in [5.41, 5.74) is 5.65. The zero-order valence-corrected chi connectivity index (χ0v) is 7.88. The highest BCUT2D eigenvalue weighted by Gasteiger charge is 2.02. The molecule has 0 aliphatic rings. The van der Waals surface area contributed by atoms with Crippen LogP contribution in [0.4, 0.5) is 5.82 Å². The Morgan fingerprint density at radius 3 is 2.93 bits per heavy atom. The molecule has 0 aliphatic carbocycles. The Morgan fingerprint density at radius 1 is 1.43 bits per heavy atom. The van der Waals surface area contributed by atoms with Gasteiger partial charge in [0, 0.05) is 24.9 Å². The van der Waals surface area contributed by atoms with Gasteiger partial charge in [-0.25, -0.2) is 14.6 Å². The molecule has 0 bridgehead atoms. The van der Waals surface area contributed by atoms with E-state index in [1.165, 1.54) is 0 Å². The largest absolute Gasteiger partial charge is 0.384 e. The Bertz CT molecular complexity index is 421. The van der Waals surface area contributed by atoms with Crippen LogP contribution in [-0.4, -0.2) is 19.7 Å². The molecule has 2 aromatic rings. The van der Waals surface area contributed by atoms with Crippen LogP contribution in [-0.2, 0) is 6.42 Å². The second kappa shape index (κ2) is 3.45. The number of hydrogen-bond acceptors (Lipinski definition) is 4. The average Bonchev–Trinajstić information content (AvgIpc) is 2.69. The number of nitrogens with two attached hydrogens (primary N) is 1. The first kappa shape index (κ1) is 8.68. The van der Waals surface area contributed by atoms with Crippen molar-refractivity contribution in [3.05, 3.63) is 30.4 Å². The molecule has 0 radical (unpaired) electrons. The number of nitrogens with zero attached hydrogens (tertiary/aromatic N) is 4. The second-order valence-electron chi connectivity index (χ2n) is 2.87. The van der Waals surface area contributed by atoms with E-state index in [-0.39, 0.29) is 0 Å². The molecule has 0 fully saturated rings. The van der Waals surface area contributed by atoms with Crippen molar-refractivity contribution in [1.82, 2.24) is 19.7 Å². The fourth-order valence-electron chi connectivity index (χ4n) is 1.18. The van der Waals surface area contributed by atoms with Crippen LogP contribution in [0.5, 0.6) is 0 Å². The number of rotatable bonds is 2. The Labute approximate surface area is 81.6 Å². The summed E-state index contributed by atoms with van der Waals surface area (Å²) in [6, 6.07) is 3.54. The van der Waals surface area contributed by atoms with Crippen LogP contribution in [0.25, 0.3) is 5.82 Å². The summed E-state index contributed by atoms with van der Waals surface area (Å²) < 4.78 is 1.66. The molecule has 2 N–H and O–H groups in total. The second-order valence-corrected chi connectivity index (χ2v) is 2.87. The van der Waals surface area contributed by atoms with Crippen LogP contribution in [0.3, 0.4) is 0 Å². The topological polar surface area (TPSA) is 69.6 Å². The van der Waals surface area contributed by atoms with E-state index in [2.05, 4.69) is 15.1 Å². The molecule has 0 saturated carbocycles. The van der Waals surface area contributed by atoms with Crippen molar-refractivity contribution < 1.29 is 0 Å². The minimum atomic E-state index is 0.474. The van der Waals surface area contributed by atoms with Crippen LogP contribution in [0.2, 0.25) is 0 Å². The Morgan fingerprint density at radius 2 is 2.29 bits per heavy atom. The van der Waals surface area contributed by atoms with Crippen LogP contribution < -0.4 is 5.73 Å². The van der Waals surface area contributed by atoms with Gasteiger partial charge in [-0.1, -0.05) is 6.92 Å². The lowest BCUT2D eigenvalue weighted by Crippen LogP contribution is -2.05. The van der Waals surface area contributed by atoms with E-state index >= 15 is 0 Å². The van der Waals surface area contributed by atoms with Gasteiger partial charge in [-0.05, 0) is 6.07 Å². The molecule has 0 aliphatic heterocycles. The Kier molecular flexibility index (Phi) is 2.14. The maximum atomic E-state index is 5.65. The smallest absolute Gasteiger partial charge is 0.159 e. The van der Waals surface area contributed by atoms with Crippen LogP contribution in [0, 0.1) is 0 Å². The summed E-state index contributed by atoms with van der Waals surface area (Å²) in [6.45, 7) is 1.99. The molecule has 0 unspecified atom stereocenters. The van der Waals surface area contributed by atoms with Gasteiger partial charge in [-0.3, -0.25) is 0 Å². The molecule has 14 heavy (non-hydrogen) atoms. The van der Waals surface area contributed by atoms with Gasteiger partial charge >= 0.3 is 0 Å². The predicted molar refractivity (Wildman–Crippen MR) is 52.9 cm³/mol. The summed E-state index contributed by atoms with van der Waals surface area (Å²) in [4.78, 5) is 8.39. The van der Waals surface area contributed by atoms with Gasteiger partial charge in [0.25, 0.3) is 0 Å². The summed E-state index contributed by atoms with van der Waals surface area (Å²) >= 11 is 0. The predicted octanol–water partition coefficient (Wildman–Crippen LogP) is 0.807. The first-order valence-electron chi connectivity index (χ1n) is 4.43. The third-order valence-corrected chi connectivity index (χ3v) is 1.83. The minimum Gasteiger partial charge on any atom is -0.384 e. The highest BCUT2D eigenvalue weighted by Crippen LogP contribution is 2.07. The molecule has 2 aromatic heterocycles. The molecule has 0 spiro atoms. The standard InChI is InChI=1S/C9H11N5/c1-2-8-12-7(10)6-9(13-8)14-5-3-4-11-14/h3-6H,2H2,1H3,(H2,10,12,13). The van der Waals surface area contributed by atoms with Crippen molar-refractivity contribution in [3.63, 3.8) is 0 Å². The van der Waals surface area contributed by atoms with Crippen LogP contribution in [0.15, 0.2) is 24.5 Å². The van der Waals surface area contributed by atoms with Crippen molar-refractivity contribution >= 4 is 5.82 Å². The number of aromatic nitrogens is 4. The maximum absolute atomic E-state index is 5.65. The molecule has 72 valence electrons. The van der Waals surface area contributed by atoms with Gasteiger partial charge in [-0.15, -0.1) is 0 Å². The first-order chi connectivity index (χ1) is 6.79. The number of anilines is 1. The third kappa shape index (κ3) is 1.56. The zero-order chi connectivity index (χ0) is 9.97. The molecule has 5 nitrogen and oxygen atoms in total. The molecule has 0 atom stereocenters. The van der Waals surface area contributed by atoms with E-state index in [0.29, 0.717) is 11.6 Å². The SMILES string of the molecule is CCc1nc(N)cc(-n2cccn2)n1. The normalized spacial score (nSPS) is 10.4. The molecule has 2 heterocycles. The van der Waals surface area contributed by atoms with Crippen molar-refractivity contribution in [1.29, 1.82) is 0 Å². The lowest BCUT2D eigenvalue weighted by Gasteiger charge is -2.03. The highest BCUT2D eigenvalue weighted by atomic mass is 15.3. The van der Waals surface area contributed by atoms with Gasteiger partial charge in [-0.2, -0.15) is 5.10 Å². The Balaban J connectivity index is 2.48. The summed E-state index contributed by atoms with van der Waals surface area (Å²) in [5.74, 6) is 1.91. The van der Waals surface area contributed by atoms with Crippen molar-refractivity contribution in [2.75, 3.05) is 5.73 Å². The molecular weight excluding hydrogens is 178 g/mol. The van der Waals surface area contributed by atoms with E-state index in [1.54, 1.807) is 16.9 Å². The fourth-order valence-corrected chi connectivity index (χ4v) is 1.18. The van der Waals surface area contributed by atoms with Crippen molar-refractivity contribution in [2.45, 2.75) is 13.3 Å². The monoisotopic (exact) mass is 189 g/mol. The third-order valence-electron chi connectivity index (χ3n) is 1.83. The lowest BCUT2D eigenvalue weighted by atomic mass is 10.4. The van der Waals surface area contributed by atoms with Gasteiger partial charge in [0.2, 0.25) is 0 Å². The molecule has 0 saturated heterocycles. The van der Waals surface area contributed by atoms with E-state index in [4.69, 9.17) is 5.73 Å². The molecule has 2 rings (SSSR count). The van der Waals surface area contributed by atoms with E-state index < -0.39 is 0 Å². The molecular formula is C9H11N5. The van der Waals surface area contributed by atoms with E-state index in [1.807, 2.05) is 19.2 Å². The Hall–Kier alpha value is -1.91. The minimum absolute atomic E-state index is 0.474. The van der Waals surface area contributed by atoms with Gasteiger partial charge in [0.15, 0.2) is 5.82 Å². The summed E-state index contributed by atoms with van der Waals surface area (Å²) in [6.07, 6.45) is 4.28. The molecule has 0 amide bonds. The van der Waals surface area contributed by atoms with Crippen LogP contribution in [0.1, 0.15) is 12.7 Å². The first-order valence-corrected chi connectivity index (χ1v) is 4.43. The fraction of sp³-hybridized carbons (Fsp3) is 0.222. The van der Waals surface area contributed by atoms with Crippen molar-refractivity contribution in [2.24, 2.45) is 0 Å². The van der Waals surface area contributed by atoms with Gasteiger partial charge in [0.05, 0.1) is 0 Å².